The Balaban J connectivity index is 2.19. The van der Waals surface area contributed by atoms with Gasteiger partial charge in [0.15, 0.2) is 0 Å². The molecule has 0 spiro atoms. The molecule has 1 atom stereocenters. The fourth-order valence-electron chi connectivity index (χ4n) is 2.65. The van der Waals surface area contributed by atoms with E-state index in [-0.39, 0.29) is 0 Å². The monoisotopic (exact) mass is 270 g/mol. The van der Waals surface area contributed by atoms with Crippen LogP contribution < -0.4 is 0 Å². The largest absolute Gasteiger partial charge is 0.384 e. The van der Waals surface area contributed by atoms with Gasteiger partial charge >= 0.3 is 0 Å². The van der Waals surface area contributed by atoms with Crippen molar-refractivity contribution in [2.24, 2.45) is 0 Å². The van der Waals surface area contributed by atoms with Crippen LogP contribution in [0.15, 0.2) is 46.2 Å². The average molecular weight is 270 g/mol. The highest BCUT2D eigenvalue weighted by atomic mass is 32.2. The summed E-state index contributed by atoms with van der Waals surface area (Å²) in [5.41, 5.74) is 4.79. The molecule has 1 unspecified atom stereocenters. The third-order valence-corrected chi connectivity index (χ3v) is 5.06. The van der Waals surface area contributed by atoms with Crippen LogP contribution in [0.3, 0.4) is 0 Å². The van der Waals surface area contributed by atoms with E-state index >= 15 is 0 Å². The predicted molar refractivity (Wildman–Crippen MR) is 79.8 cm³/mol. The summed E-state index contributed by atoms with van der Waals surface area (Å²) >= 11 is 1.80. The molecule has 19 heavy (non-hydrogen) atoms. The van der Waals surface area contributed by atoms with Crippen LogP contribution in [0.5, 0.6) is 0 Å². The first-order chi connectivity index (χ1) is 9.24. The lowest BCUT2D eigenvalue weighted by Gasteiger charge is -2.26. The van der Waals surface area contributed by atoms with Gasteiger partial charge in [0.2, 0.25) is 0 Å². The Labute approximate surface area is 118 Å². The van der Waals surface area contributed by atoms with Crippen molar-refractivity contribution < 1.29 is 5.11 Å². The van der Waals surface area contributed by atoms with Crippen LogP contribution >= 0.6 is 11.8 Å². The molecule has 1 nitrogen and oxygen atoms in total. The Morgan fingerprint density at radius 2 is 1.84 bits per heavy atom. The molecule has 0 fully saturated rings. The topological polar surface area (TPSA) is 20.2 Å². The summed E-state index contributed by atoms with van der Waals surface area (Å²) in [6, 6.07) is 12.6. The molecule has 98 valence electrons. The third-order valence-electron chi connectivity index (χ3n) is 3.76. The Morgan fingerprint density at radius 3 is 2.58 bits per heavy atom. The highest BCUT2D eigenvalue weighted by molar-refractivity contribution is 7.99. The van der Waals surface area contributed by atoms with Gasteiger partial charge in [0.25, 0.3) is 0 Å². The molecule has 2 aromatic rings. The molecular weight excluding hydrogens is 252 g/mol. The van der Waals surface area contributed by atoms with Crippen molar-refractivity contribution in [1.82, 2.24) is 0 Å². The van der Waals surface area contributed by atoms with E-state index in [1.165, 1.54) is 20.9 Å². The van der Waals surface area contributed by atoms with E-state index in [0.29, 0.717) is 0 Å². The zero-order valence-corrected chi connectivity index (χ0v) is 12.1. The van der Waals surface area contributed by atoms with Crippen LogP contribution in [0.4, 0.5) is 0 Å². The highest BCUT2D eigenvalue weighted by Crippen LogP contribution is 2.46. The summed E-state index contributed by atoms with van der Waals surface area (Å²) in [4.78, 5) is 2.44. The van der Waals surface area contributed by atoms with Gasteiger partial charge in [0, 0.05) is 9.79 Å². The number of aliphatic hydroxyl groups is 1. The zero-order valence-electron chi connectivity index (χ0n) is 11.3. The highest BCUT2D eigenvalue weighted by Gasteiger charge is 2.26. The molecule has 3 rings (SSSR count). The van der Waals surface area contributed by atoms with E-state index in [4.69, 9.17) is 0 Å². The molecule has 0 amide bonds. The quantitative estimate of drug-likeness (QED) is 0.875. The number of rotatable bonds is 2. The Hall–Kier alpha value is -1.25. The predicted octanol–water partition coefficient (Wildman–Crippen LogP) is 4.36. The van der Waals surface area contributed by atoms with Crippen LogP contribution in [0.1, 0.15) is 42.2 Å². The average Bonchev–Trinajstić information content (AvgIpc) is 2.47. The lowest BCUT2D eigenvalue weighted by Crippen LogP contribution is -2.10. The Kier molecular flexibility index (Phi) is 3.38. The number of hydrogen-bond donors (Lipinski definition) is 1. The summed E-state index contributed by atoms with van der Waals surface area (Å²) in [7, 11) is 0. The molecule has 0 saturated carbocycles. The van der Waals surface area contributed by atoms with Crippen LogP contribution in [0, 0.1) is 0 Å². The number of hydrogen-bond acceptors (Lipinski definition) is 2. The molecule has 1 heterocycles. The number of fused-ring (bicyclic) bond motifs is 2. The minimum absolute atomic E-state index is 0.482. The minimum atomic E-state index is -0.482. The van der Waals surface area contributed by atoms with Crippen molar-refractivity contribution in [1.29, 1.82) is 0 Å². The fourth-order valence-corrected chi connectivity index (χ4v) is 3.94. The van der Waals surface area contributed by atoms with E-state index in [1.807, 2.05) is 18.2 Å². The van der Waals surface area contributed by atoms with Crippen LogP contribution in [-0.4, -0.2) is 5.11 Å². The molecule has 1 aliphatic rings. The van der Waals surface area contributed by atoms with Gasteiger partial charge in [-0.2, -0.15) is 0 Å². The Bertz CT molecular complexity index is 619. The van der Waals surface area contributed by atoms with Crippen molar-refractivity contribution in [2.45, 2.75) is 42.6 Å². The molecule has 0 saturated heterocycles. The summed E-state index contributed by atoms with van der Waals surface area (Å²) in [5, 5.41) is 10.6. The smallest absolute Gasteiger partial charge is 0.106 e. The molecule has 0 aliphatic carbocycles. The minimum Gasteiger partial charge on any atom is -0.384 e. The number of aryl methyl sites for hydroxylation is 2. The van der Waals surface area contributed by atoms with Gasteiger partial charge in [0.05, 0.1) is 0 Å². The second-order valence-electron chi connectivity index (χ2n) is 4.92. The zero-order chi connectivity index (χ0) is 13.4. The van der Waals surface area contributed by atoms with Crippen LogP contribution in [-0.2, 0) is 12.8 Å². The van der Waals surface area contributed by atoms with Crippen molar-refractivity contribution in [3.05, 3.63) is 58.7 Å². The van der Waals surface area contributed by atoms with Crippen LogP contribution in [0.2, 0.25) is 0 Å². The van der Waals surface area contributed by atoms with Crippen molar-refractivity contribution in [3.63, 3.8) is 0 Å². The van der Waals surface area contributed by atoms with Gasteiger partial charge < -0.3 is 5.11 Å². The first-order valence-electron chi connectivity index (χ1n) is 6.85. The lowest BCUT2D eigenvalue weighted by molar-refractivity contribution is 0.212. The fraction of sp³-hybridized carbons (Fsp3) is 0.294. The van der Waals surface area contributed by atoms with E-state index in [0.717, 1.165) is 24.0 Å². The first kappa shape index (κ1) is 12.8. The Morgan fingerprint density at radius 1 is 1.05 bits per heavy atom. The van der Waals surface area contributed by atoms with Gasteiger partial charge in [0.1, 0.15) is 6.10 Å². The maximum absolute atomic E-state index is 10.6. The summed E-state index contributed by atoms with van der Waals surface area (Å²) in [6.45, 7) is 4.35. The van der Waals surface area contributed by atoms with E-state index in [2.05, 4.69) is 32.0 Å². The summed E-state index contributed by atoms with van der Waals surface area (Å²) < 4.78 is 0. The van der Waals surface area contributed by atoms with E-state index < -0.39 is 6.10 Å². The molecule has 0 bridgehead atoms. The lowest BCUT2D eigenvalue weighted by atomic mass is 9.95. The van der Waals surface area contributed by atoms with E-state index in [9.17, 15) is 5.11 Å². The van der Waals surface area contributed by atoms with Gasteiger partial charge in [-0.05, 0) is 41.2 Å². The summed E-state index contributed by atoms with van der Waals surface area (Å²) in [6.07, 6.45) is 1.54. The molecular formula is C17H18OS. The van der Waals surface area contributed by atoms with Gasteiger partial charge in [-0.3, -0.25) is 0 Å². The van der Waals surface area contributed by atoms with Gasteiger partial charge in [-0.15, -0.1) is 0 Å². The molecule has 1 aliphatic heterocycles. The van der Waals surface area contributed by atoms with Crippen molar-refractivity contribution >= 4 is 11.8 Å². The van der Waals surface area contributed by atoms with E-state index in [1.54, 1.807) is 11.8 Å². The summed E-state index contributed by atoms with van der Waals surface area (Å²) in [5.74, 6) is 0. The molecule has 1 N–H and O–H groups in total. The second-order valence-corrected chi connectivity index (χ2v) is 5.98. The molecule has 2 aromatic carbocycles. The maximum Gasteiger partial charge on any atom is 0.106 e. The second kappa shape index (κ2) is 5.03. The maximum atomic E-state index is 10.6. The van der Waals surface area contributed by atoms with Crippen molar-refractivity contribution in [3.8, 4) is 0 Å². The third kappa shape index (κ3) is 2.09. The standard InChI is InChI=1S/C17H18OS/c1-3-11-9-12(4-2)17-14(10-11)16(18)13-7-5-6-8-15(13)19-17/h5-10,16,18H,3-4H2,1-2H3. The molecule has 2 heteroatoms. The van der Waals surface area contributed by atoms with Crippen LogP contribution in [0.25, 0.3) is 0 Å². The SMILES string of the molecule is CCc1cc(CC)c2c(c1)C(O)c1ccccc1S2. The van der Waals surface area contributed by atoms with Gasteiger partial charge in [-0.25, -0.2) is 0 Å². The van der Waals surface area contributed by atoms with Crippen molar-refractivity contribution in [2.75, 3.05) is 0 Å². The normalized spacial score (nSPS) is 16.9. The molecule has 0 aromatic heterocycles. The number of benzene rings is 2. The first-order valence-corrected chi connectivity index (χ1v) is 7.66. The molecule has 0 radical (unpaired) electrons. The number of aliphatic hydroxyl groups excluding tert-OH is 1. The van der Waals surface area contributed by atoms with Gasteiger partial charge in [-0.1, -0.05) is 55.9 Å².